The SMILES string of the molecule is CC(C)=CCC/C(C)=C/CC(C=O)(C=O)CC=C(C)C. The molecule has 112 valence electrons. The summed E-state index contributed by atoms with van der Waals surface area (Å²) < 4.78 is 0. The third-order valence-corrected chi connectivity index (χ3v) is 3.28. The van der Waals surface area contributed by atoms with Gasteiger partial charge in [-0.2, -0.15) is 0 Å². The molecule has 0 spiro atoms. The van der Waals surface area contributed by atoms with Crippen LogP contribution in [0.2, 0.25) is 0 Å². The van der Waals surface area contributed by atoms with Gasteiger partial charge in [-0.05, 0) is 60.3 Å². The summed E-state index contributed by atoms with van der Waals surface area (Å²) in [7, 11) is 0. The molecule has 0 aliphatic heterocycles. The van der Waals surface area contributed by atoms with E-state index in [4.69, 9.17) is 0 Å². The molecule has 0 saturated carbocycles. The number of carbonyl (C=O) groups excluding carboxylic acids is 2. The van der Waals surface area contributed by atoms with Crippen molar-refractivity contribution in [1.82, 2.24) is 0 Å². The van der Waals surface area contributed by atoms with Gasteiger partial charge in [-0.1, -0.05) is 34.9 Å². The second-order valence-corrected chi connectivity index (χ2v) is 6.03. The number of aldehydes is 2. The third-order valence-electron chi connectivity index (χ3n) is 3.28. The third kappa shape index (κ3) is 7.88. The molecular weight excluding hydrogens is 248 g/mol. The van der Waals surface area contributed by atoms with E-state index in [1.54, 1.807) is 0 Å². The monoisotopic (exact) mass is 276 g/mol. The Bertz CT molecular complexity index is 395. The van der Waals surface area contributed by atoms with E-state index in [-0.39, 0.29) is 0 Å². The molecule has 0 aromatic carbocycles. The van der Waals surface area contributed by atoms with Gasteiger partial charge in [-0.15, -0.1) is 0 Å². The lowest BCUT2D eigenvalue weighted by Crippen LogP contribution is -2.23. The summed E-state index contributed by atoms with van der Waals surface area (Å²) in [5, 5.41) is 0. The van der Waals surface area contributed by atoms with Crippen molar-refractivity contribution in [2.24, 2.45) is 5.41 Å². The lowest BCUT2D eigenvalue weighted by Gasteiger charge is -2.18. The second kappa shape index (κ2) is 9.46. The van der Waals surface area contributed by atoms with Gasteiger partial charge in [0.05, 0.1) is 5.41 Å². The van der Waals surface area contributed by atoms with Crippen molar-refractivity contribution in [3.63, 3.8) is 0 Å². The minimum absolute atomic E-state index is 0.486. The zero-order valence-electron chi connectivity index (χ0n) is 13.5. The van der Waals surface area contributed by atoms with Crippen molar-refractivity contribution in [3.05, 3.63) is 34.9 Å². The maximum Gasteiger partial charge on any atom is 0.133 e. The van der Waals surface area contributed by atoms with Crippen molar-refractivity contribution in [2.45, 2.75) is 60.3 Å². The minimum Gasteiger partial charge on any atom is -0.302 e. The van der Waals surface area contributed by atoms with Gasteiger partial charge < -0.3 is 9.59 Å². The molecular formula is C18H28O2. The molecule has 0 radical (unpaired) electrons. The minimum atomic E-state index is -0.894. The van der Waals surface area contributed by atoms with Crippen molar-refractivity contribution >= 4 is 12.6 Å². The average molecular weight is 276 g/mol. The average Bonchev–Trinajstić information content (AvgIpc) is 2.39. The summed E-state index contributed by atoms with van der Waals surface area (Å²) in [6.07, 6.45) is 10.7. The highest BCUT2D eigenvalue weighted by atomic mass is 16.1. The summed E-state index contributed by atoms with van der Waals surface area (Å²) in [5.74, 6) is 0. The van der Waals surface area contributed by atoms with Crippen LogP contribution in [0.15, 0.2) is 34.9 Å². The van der Waals surface area contributed by atoms with Gasteiger partial charge in [-0.25, -0.2) is 0 Å². The van der Waals surface area contributed by atoms with Crippen LogP contribution in [0.4, 0.5) is 0 Å². The Kier molecular flexibility index (Phi) is 8.78. The quantitative estimate of drug-likeness (QED) is 0.344. The first kappa shape index (κ1) is 18.6. The van der Waals surface area contributed by atoms with Crippen LogP contribution in [-0.2, 0) is 9.59 Å². The van der Waals surface area contributed by atoms with Gasteiger partial charge in [0.1, 0.15) is 12.6 Å². The predicted octanol–water partition coefficient (Wildman–Crippen LogP) is 4.81. The van der Waals surface area contributed by atoms with Crippen LogP contribution in [0, 0.1) is 5.41 Å². The number of hydrogen-bond donors (Lipinski definition) is 0. The van der Waals surface area contributed by atoms with Gasteiger partial charge in [0.2, 0.25) is 0 Å². The Hall–Kier alpha value is -1.44. The Morgan fingerprint density at radius 2 is 1.30 bits per heavy atom. The zero-order valence-corrected chi connectivity index (χ0v) is 13.5. The molecule has 0 N–H and O–H groups in total. The van der Waals surface area contributed by atoms with Crippen LogP contribution in [-0.4, -0.2) is 12.6 Å². The van der Waals surface area contributed by atoms with Crippen molar-refractivity contribution in [2.75, 3.05) is 0 Å². The van der Waals surface area contributed by atoms with E-state index in [9.17, 15) is 9.59 Å². The predicted molar refractivity (Wildman–Crippen MR) is 85.6 cm³/mol. The molecule has 0 aromatic rings. The molecule has 0 atom stereocenters. The zero-order chi connectivity index (χ0) is 15.6. The molecule has 0 rings (SSSR count). The first-order valence-corrected chi connectivity index (χ1v) is 7.20. The summed E-state index contributed by atoms with van der Waals surface area (Å²) >= 11 is 0. The molecule has 0 aliphatic carbocycles. The van der Waals surface area contributed by atoms with E-state index < -0.39 is 5.41 Å². The number of rotatable bonds is 9. The molecule has 2 nitrogen and oxygen atoms in total. The molecule has 0 fully saturated rings. The van der Waals surface area contributed by atoms with Crippen molar-refractivity contribution < 1.29 is 9.59 Å². The highest BCUT2D eigenvalue weighted by Crippen LogP contribution is 2.25. The van der Waals surface area contributed by atoms with Gasteiger partial charge >= 0.3 is 0 Å². The van der Waals surface area contributed by atoms with E-state index >= 15 is 0 Å². The summed E-state index contributed by atoms with van der Waals surface area (Å²) in [4.78, 5) is 22.6. The maximum atomic E-state index is 11.3. The molecule has 0 amide bonds. The smallest absolute Gasteiger partial charge is 0.133 e. The Balaban J connectivity index is 4.67. The fourth-order valence-electron chi connectivity index (χ4n) is 1.75. The van der Waals surface area contributed by atoms with Crippen molar-refractivity contribution in [3.8, 4) is 0 Å². The number of hydrogen-bond acceptors (Lipinski definition) is 2. The molecule has 0 unspecified atom stereocenters. The van der Waals surface area contributed by atoms with Crippen LogP contribution in [0.5, 0.6) is 0 Å². The topological polar surface area (TPSA) is 34.1 Å². The standard InChI is InChI=1S/C18H28O2/c1-15(2)7-6-8-17(5)10-12-18(13-19,14-20)11-9-16(3)4/h7,9-10,13-14H,6,8,11-12H2,1-5H3/b17-10+. The van der Waals surface area contributed by atoms with Gasteiger partial charge in [0, 0.05) is 0 Å². The van der Waals surface area contributed by atoms with E-state index in [2.05, 4.69) is 26.8 Å². The van der Waals surface area contributed by atoms with Crippen molar-refractivity contribution in [1.29, 1.82) is 0 Å². The maximum absolute atomic E-state index is 11.3. The molecule has 20 heavy (non-hydrogen) atoms. The largest absolute Gasteiger partial charge is 0.302 e. The summed E-state index contributed by atoms with van der Waals surface area (Å²) in [6, 6.07) is 0. The Labute approximate surface area is 123 Å². The van der Waals surface area contributed by atoms with E-state index in [0.717, 1.165) is 31.0 Å². The van der Waals surface area contributed by atoms with E-state index in [1.165, 1.54) is 11.1 Å². The lowest BCUT2D eigenvalue weighted by molar-refractivity contribution is -0.125. The normalized spacial score (nSPS) is 11.8. The van der Waals surface area contributed by atoms with E-state index in [1.807, 2.05) is 26.0 Å². The van der Waals surface area contributed by atoms with Gasteiger partial charge in [0.15, 0.2) is 0 Å². The summed E-state index contributed by atoms with van der Waals surface area (Å²) in [6.45, 7) is 10.2. The van der Waals surface area contributed by atoms with Crippen LogP contribution in [0.3, 0.4) is 0 Å². The van der Waals surface area contributed by atoms with Crippen LogP contribution in [0.25, 0.3) is 0 Å². The van der Waals surface area contributed by atoms with E-state index in [0.29, 0.717) is 12.8 Å². The number of allylic oxidation sites excluding steroid dienone is 6. The molecule has 0 saturated heterocycles. The molecule has 0 heterocycles. The fraction of sp³-hybridized carbons (Fsp3) is 0.556. The van der Waals surface area contributed by atoms with Crippen LogP contribution >= 0.6 is 0 Å². The Morgan fingerprint density at radius 1 is 0.800 bits per heavy atom. The van der Waals surface area contributed by atoms with Gasteiger partial charge in [0.25, 0.3) is 0 Å². The highest BCUT2D eigenvalue weighted by Gasteiger charge is 2.26. The molecule has 0 bridgehead atoms. The number of carbonyl (C=O) groups is 2. The molecule has 0 aliphatic rings. The fourth-order valence-corrected chi connectivity index (χ4v) is 1.75. The van der Waals surface area contributed by atoms with Crippen LogP contribution < -0.4 is 0 Å². The molecule has 0 aromatic heterocycles. The Morgan fingerprint density at radius 3 is 1.75 bits per heavy atom. The lowest BCUT2D eigenvalue weighted by atomic mass is 9.83. The molecule has 2 heteroatoms. The highest BCUT2D eigenvalue weighted by molar-refractivity contribution is 5.84. The first-order valence-electron chi connectivity index (χ1n) is 7.20. The second-order valence-electron chi connectivity index (χ2n) is 6.03. The van der Waals surface area contributed by atoms with Crippen LogP contribution in [0.1, 0.15) is 60.3 Å². The van der Waals surface area contributed by atoms with Gasteiger partial charge in [-0.3, -0.25) is 0 Å². The first-order chi connectivity index (χ1) is 9.35. The summed E-state index contributed by atoms with van der Waals surface area (Å²) in [5.41, 5.74) is 2.78.